The van der Waals surface area contributed by atoms with Crippen LogP contribution in [0.25, 0.3) is 0 Å². The molecule has 0 saturated carbocycles. The van der Waals surface area contributed by atoms with Crippen molar-refractivity contribution in [1.29, 1.82) is 0 Å². The van der Waals surface area contributed by atoms with E-state index in [1.807, 2.05) is 0 Å². The Morgan fingerprint density at radius 1 is 1.38 bits per heavy atom. The molecule has 0 aromatic carbocycles. The third-order valence-electron chi connectivity index (χ3n) is 2.54. The van der Waals surface area contributed by atoms with Gasteiger partial charge in [-0.15, -0.1) is 0 Å². The van der Waals surface area contributed by atoms with Gasteiger partial charge in [0.05, 0.1) is 5.03 Å². The van der Waals surface area contributed by atoms with Gasteiger partial charge in [-0.2, -0.15) is 0 Å². The van der Waals surface area contributed by atoms with Crippen molar-refractivity contribution >= 4 is 46.0 Å². The number of nitrogens with zero attached hydrogens (tertiary/aromatic N) is 1. The van der Waals surface area contributed by atoms with Crippen LogP contribution in [0.1, 0.15) is 20.8 Å². The van der Waals surface area contributed by atoms with E-state index in [0.717, 1.165) is 16.5 Å². The highest BCUT2D eigenvalue weighted by molar-refractivity contribution is 8.27. The second kappa shape index (κ2) is 4.43. The highest BCUT2D eigenvalue weighted by Crippen LogP contribution is 2.45. The van der Waals surface area contributed by atoms with Gasteiger partial charge in [0, 0.05) is 17.1 Å². The van der Waals surface area contributed by atoms with Gasteiger partial charge in [-0.3, -0.25) is 4.79 Å². The lowest BCUT2D eigenvalue weighted by atomic mass is 10.4. The molecule has 0 bridgehead atoms. The van der Waals surface area contributed by atoms with E-state index in [1.54, 1.807) is 11.8 Å². The highest BCUT2D eigenvalue weighted by Gasteiger charge is 2.32. The third-order valence-corrected chi connectivity index (χ3v) is 5.11. The van der Waals surface area contributed by atoms with Crippen LogP contribution in [0, 0.1) is 0 Å². The van der Waals surface area contributed by atoms with Gasteiger partial charge in [0.15, 0.2) is 0 Å². The summed E-state index contributed by atoms with van der Waals surface area (Å²) in [6.07, 6.45) is 0. The van der Waals surface area contributed by atoms with E-state index in [2.05, 4.69) is 31.0 Å². The van der Waals surface area contributed by atoms with Crippen molar-refractivity contribution in [3.8, 4) is 0 Å². The number of amides is 1. The molecule has 0 atom stereocenters. The van der Waals surface area contributed by atoms with Crippen molar-refractivity contribution in [3.05, 3.63) is 20.5 Å². The average molecular weight is 272 g/mol. The maximum atomic E-state index is 11.7. The van der Waals surface area contributed by atoms with Gasteiger partial charge in [0.1, 0.15) is 9.23 Å². The van der Waals surface area contributed by atoms with Crippen LogP contribution in [0.15, 0.2) is 20.5 Å². The number of hydrogen-bond acceptors (Lipinski definition) is 5. The fraction of sp³-hybridized carbons (Fsp3) is 0.400. The Morgan fingerprint density at radius 2 is 2.06 bits per heavy atom. The van der Waals surface area contributed by atoms with Crippen LogP contribution in [0.2, 0.25) is 0 Å². The van der Waals surface area contributed by atoms with Gasteiger partial charge in [-0.25, -0.2) is 0 Å². The minimum atomic E-state index is -0.0709. The van der Waals surface area contributed by atoms with E-state index in [1.165, 1.54) is 22.4 Å². The number of rotatable bonds is 1. The largest absolute Gasteiger partial charge is 0.338 e. The van der Waals surface area contributed by atoms with E-state index >= 15 is 0 Å². The van der Waals surface area contributed by atoms with Crippen LogP contribution in [-0.4, -0.2) is 21.7 Å². The molecule has 3 nitrogen and oxygen atoms in total. The van der Waals surface area contributed by atoms with Crippen molar-refractivity contribution in [3.63, 3.8) is 0 Å². The van der Waals surface area contributed by atoms with E-state index < -0.39 is 0 Å². The zero-order chi connectivity index (χ0) is 11.9. The lowest BCUT2D eigenvalue weighted by molar-refractivity contribution is -0.115. The number of allylic oxidation sites excluding steroid dienone is 2. The Morgan fingerprint density at radius 3 is 2.56 bits per heavy atom. The van der Waals surface area contributed by atoms with Crippen molar-refractivity contribution in [2.24, 2.45) is 0 Å². The Labute approximate surface area is 109 Å². The molecule has 0 aromatic heterocycles. The summed E-state index contributed by atoms with van der Waals surface area (Å²) < 4.78 is 0.548. The van der Waals surface area contributed by atoms with Crippen LogP contribution in [0.3, 0.4) is 0 Å². The normalized spacial score (nSPS) is 25.8. The minimum Gasteiger partial charge on any atom is -0.338 e. The molecule has 1 fully saturated rings. The predicted molar refractivity (Wildman–Crippen MR) is 73.7 cm³/mol. The van der Waals surface area contributed by atoms with Crippen molar-refractivity contribution < 1.29 is 4.79 Å². The summed E-state index contributed by atoms with van der Waals surface area (Å²) in [5.74, 6) is -0.0709. The minimum absolute atomic E-state index is 0.0709. The molecule has 2 aliphatic heterocycles. The Bertz CT molecular complexity index is 439. The van der Waals surface area contributed by atoms with Crippen molar-refractivity contribution in [2.45, 2.75) is 20.8 Å². The molecule has 0 aromatic rings. The summed E-state index contributed by atoms with van der Waals surface area (Å²) in [5.41, 5.74) is 1.22. The highest BCUT2D eigenvalue weighted by atomic mass is 32.2. The zero-order valence-electron chi connectivity index (χ0n) is 9.29. The Kier molecular flexibility index (Phi) is 3.32. The van der Waals surface area contributed by atoms with Crippen LogP contribution in [0.4, 0.5) is 0 Å². The predicted octanol–water partition coefficient (Wildman–Crippen LogP) is 2.62. The van der Waals surface area contributed by atoms with Crippen LogP contribution >= 0.6 is 35.7 Å². The van der Waals surface area contributed by atoms with Gasteiger partial charge in [0.2, 0.25) is 0 Å². The molecule has 2 aliphatic rings. The molecule has 2 rings (SSSR count). The summed E-state index contributed by atoms with van der Waals surface area (Å²) in [6, 6.07) is 0. The Hall–Kier alpha value is -0.460. The lowest BCUT2D eigenvalue weighted by Gasteiger charge is -2.19. The molecular weight excluding hydrogens is 260 g/mol. The second-order valence-corrected chi connectivity index (χ2v) is 6.36. The fourth-order valence-corrected chi connectivity index (χ4v) is 3.99. The summed E-state index contributed by atoms with van der Waals surface area (Å²) in [7, 11) is 0. The van der Waals surface area contributed by atoms with Crippen LogP contribution < -0.4 is 5.32 Å². The molecule has 0 spiro atoms. The zero-order valence-corrected chi connectivity index (χ0v) is 11.7. The summed E-state index contributed by atoms with van der Waals surface area (Å²) in [6.45, 7) is 7.11. The number of hydrogen-bond donors (Lipinski definition) is 1. The first-order chi connectivity index (χ1) is 7.54. The Balaban J connectivity index is 2.40. The van der Waals surface area contributed by atoms with Crippen molar-refractivity contribution in [2.75, 3.05) is 6.54 Å². The molecule has 1 amide bonds. The summed E-state index contributed by atoms with van der Waals surface area (Å²) >= 11 is 8.01. The lowest BCUT2D eigenvalue weighted by Crippen LogP contribution is -2.21. The number of carbonyl (C=O) groups excluding carboxylic acids is 1. The van der Waals surface area contributed by atoms with E-state index in [-0.39, 0.29) is 5.91 Å². The smallest absolute Gasteiger partial charge is 0.266 e. The molecule has 1 saturated heterocycles. The summed E-state index contributed by atoms with van der Waals surface area (Å²) in [4.78, 5) is 15.8. The van der Waals surface area contributed by atoms with Gasteiger partial charge < -0.3 is 10.2 Å². The van der Waals surface area contributed by atoms with Crippen molar-refractivity contribution in [1.82, 2.24) is 10.2 Å². The molecule has 1 N–H and O–H groups in total. The number of thiocarbonyl (C=S) groups is 1. The SMILES string of the molecule is CCN1C(C)=C(C)SC1=C1SC(=S)NC1=O. The maximum absolute atomic E-state index is 11.7. The van der Waals surface area contributed by atoms with E-state index in [0.29, 0.717) is 4.32 Å². The standard InChI is InChI=1S/C10H12N2OS3/c1-4-12-5(2)6(3)15-9(12)7-8(13)11-10(14)16-7/h4H2,1-3H3,(H,11,13,14). The molecule has 0 unspecified atom stereocenters. The second-order valence-electron chi connectivity index (χ2n) is 3.47. The third kappa shape index (κ3) is 1.89. The monoisotopic (exact) mass is 272 g/mol. The van der Waals surface area contributed by atoms with Gasteiger partial charge >= 0.3 is 0 Å². The van der Waals surface area contributed by atoms with E-state index in [4.69, 9.17) is 12.2 Å². The van der Waals surface area contributed by atoms with E-state index in [9.17, 15) is 4.79 Å². The molecule has 86 valence electrons. The van der Waals surface area contributed by atoms with Gasteiger partial charge in [-0.1, -0.05) is 35.7 Å². The first kappa shape index (κ1) is 12.0. The average Bonchev–Trinajstić information content (AvgIpc) is 2.69. The number of thioether (sulfide) groups is 2. The van der Waals surface area contributed by atoms with Gasteiger partial charge in [0.25, 0.3) is 5.91 Å². The molecule has 16 heavy (non-hydrogen) atoms. The summed E-state index contributed by atoms with van der Waals surface area (Å²) in [5, 5.41) is 3.67. The quantitative estimate of drug-likeness (QED) is 0.586. The number of carbonyl (C=O) groups is 1. The first-order valence-electron chi connectivity index (χ1n) is 4.95. The fourth-order valence-electron chi connectivity index (χ4n) is 1.62. The first-order valence-corrected chi connectivity index (χ1v) is 6.99. The molecule has 6 heteroatoms. The molecular formula is C10H12N2OS3. The topological polar surface area (TPSA) is 32.3 Å². The molecule has 0 aliphatic carbocycles. The molecule has 2 heterocycles. The van der Waals surface area contributed by atoms with Crippen LogP contribution in [0.5, 0.6) is 0 Å². The number of nitrogens with one attached hydrogen (secondary N) is 1. The maximum Gasteiger partial charge on any atom is 0.266 e. The molecule has 0 radical (unpaired) electrons. The van der Waals surface area contributed by atoms with Gasteiger partial charge in [-0.05, 0) is 20.8 Å². The van der Waals surface area contributed by atoms with Crippen LogP contribution in [-0.2, 0) is 4.79 Å².